The van der Waals surface area contributed by atoms with Gasteiger partial charge in [0.1, 0.15) is 5.75 Å². The molecule has 4 heteroatoms. The van der Waals surface area contributed by atoms with Crippen molar-refractivity contribution in [2.24, 2.45) is 5.92 Å². The molecule has 0 unspecified atom stereocenters. The summed E-state index contributed by atoms with van der Waals surface area (Å²) in [5.74, 6) is -0.431. The number of hydrogen-bond acceptors (Lipinski definition) is 3. The third kappa shape index (κ3) is 3.06. The fourth-order valence-electron chi connectivity index (χ4n) is 0.944. The predicted molar refractivity (Wildman–Crippen MR) is 57.1 cm³/mol. The molecule has 0 heterocycles. The van der Waals surface area contributed by atoms with Crippen LogP contribution in [-0.4, -0.2) is 11.2 Å². The molecule has 1 rings (SSSR count). The van der Waals surface area contributed by atoms with Gasteiger partial charge < -0.3 is 4.74 Å². The summed E-state index contributed by atoms with van der Waals surface area (Å²) in [5.41, 5.74) is 0.202. The van der Waals surface area contributed by atoms with E-state index in [9.17, 15) is 9.59 Å². The molecule has 0 radical (unpaired) electrons. The van der Waals surface area contributed by atoms with Crippen LogP contribution in [0.5, 0.6) is 5.75 Å². The Bertz CT molecular complexity index is 385. The normalized spacial score (nSPS) is 10.1. The molecule has 15 heavy (non-hydrogen) atoms. The molecule has 0 fully saturated rings. The van der Waals surface area contributed by atoms with Crippen molar-refractivity contribution in [3.8, 4) is 5.75 Å². The number of carbonyl (C=O) groups excluding carboxylic acids is 2. The molecule has 0 aliphatic heterocycles. The molecule has 0 saturated heterocycles. The molecule has 0 aliphatic carbocycles. The van der Waals surface area contributed by atoms with Gasteiger partial charge in [-0.2, -0.15) is 0 Å². The summed E-state index contributed by atoms with van der Waals surface area (Å²) in [4.78, 5) is 22.3. The van der Waals surface area contributed by atoms with Gasteiger partial charge >= 0.3 is 5.97 Å². The highest BCUT2D eigenvalue weighted by molar-refractivity contribution is 6.68. The highest BCUT2D eigenvalue weighted by Gasteiger charge is 2.14. The van der Waals surface area contributed by atoms with E-state index in [-0.39, 0.29) is 23.2 Å². The van der Waals surface area contributed by atoms with E-state index < -0.39 is 5.24 Å². The summed E-state index contributed by atoms with van der Waals surface area (Å²) >= 11 is 5.34. The zero-order valence-corrected chi connectivity index (χ0v) is 9.25. The first kappa shape index (κ1) is 11.7. The molecule has 1 aromatic carbocycles. The molecule has 0 amide bonds. The molecule has 0 bridgehead atoms. The minimum atomic E-state index is -0.637. The molecule has 0 aliphatic rings. The molecule has 0 N–H and O–H groups in total. The fourth-order valence-corrected chi connectivity index (χ4v) is 1.10. The fraction of sp³-hybridized carbons (Fsp3) is 0.273. The smallest absolute Gasteiger partial charge is 0.313 e. The predicted octanol–water partition coefficient (Wildman–Crippen LogP) is 2.63. The van der Waals surface area contributed by atoms with E-state index in [1.807, 2.05) is 0 Å². The summed E-state index contributed by atoms with van der Waals surface area (Å²) in [6.45, 7) is 3.43. The highest BCUT2D eigenvalue weighted by Crippen LogP contribution is 2.20. The van der Waals surface area contributed by atoms with Crippen LogP contribution in [0.25, 0.3) is 0 Å². The van der Waals surface area contributed by atoms with E-state index in [2.05, 4.69) is 0 Å². The lowest BCUT2D eigenvalue weighted by Crippen LogP contribution is -2.16. The molecular formula is C11H11ClO3. The second-order valence-corrected chi connectivity index (χ2v) is 3.69. The Labute approximate surface area is 93.0 Å². The van der Waals surface area contributed by atoms with Crippen LogP contribution < -0.4 is 4.74 Å². The van der Waals surface area contributed by atoms with Crippen molar-refractivity contribution in [3.05, 3.63) is 29.8 Å². The minimum Gasteiger partial charge on any atom is -0.426 e. The lowest BCUT2D eigenvalue weighted by atomic mass is 10.2. The van der Waals surface area contributed by atoms with Gasteiger partial charge in [-0.25, -0.2) is 0 Å². The first-order valence-electron chi connectivity index (χ1n) is 4.53. The van der Waals surface area contributed by atoms with Gasteiger partial charge in [0.2, 0.25) is 0 Å². The molecule has 0 atom stereocenters. The second kappa shape index (κ2) is 4.94. The highest BCUT2D eigenvalue weighted by atomic mass is 35.5. The van der Waals surface area contributed by atoms with E-state index in [1.165, 1.54) is 12.1 Å². The maximum absolute atomic E-state index is 11.3. The number of benzene rings is 1. The van der Waals surface area contributed by atoms with Crippen LogP contribution in [0.2, 0.25) is 0 Å². The third-order valence-corrected chi connectivity index (χ3v) is 1.98. The van der Waals surface area contributed by atoms with Crippen LogP contribution in [-0.2, 0) is 4.79 Å². The average Bonchev–Trinajstić information content (AvgIpc) is 2.18. The number of halogens is 1. The second-order valence-electron chi connectivity index (χ2n) is 3.35. The maximum Gasteiger partial charge on any atom is 0.313 e. The van der Waals surface area contributed by atoms with Crippen LogP contribution in [0.1, 0.15) is 24.2 Å². The van der Waals surface area contributed by atoms with E-state index >= 15 is 0 Å². The molecular weight excluding hydrogens is 216 g/mol. The Balaban J connectivity index is 2.94. The first-order valence-corrected chi connectivity index (χ1v) is 4.90. The largest absolute Gasteiger partial charge is 0.426 e. The molecule has 0 saturated carbocycles. The van der Waals surface area contributed by atoms with Gasteiger partial charge in [-0.15, -0.1) is 0 Å². The number of hydrogen-bond donors (Lipinski definition) is 0. The van der Waals surface area contributed by atoms with Crippen molar-refractivity contribution in [2.45, 2.75) is 13.8 Å². The average molecular weight is 227 g/mol. The zero-order chi connectivity index (χ0) is 11.4. The van der Waals surface area contributed by atoms with Crippen LogP contribution in [0, 0.1) is 5.92 Å². The van der Waals surface area contributed by atoms with E-state index in [1.54, 1.807) is 26.0 Å². The minimum absolute atomic E-state index is 0.202. The Kier molecular flexibility index (Phi) is 3.86. The number of rotatable bonds is 3. The van der Waals surface area contributed by atoms with Crippen LogP contribution >= 0.6 is 11.6 Å². The lowest BCUT2D eigenvalue weighted by Gasteiger charge is -2.08. The molecule has 0 aromatic heterocycles. The summed E-state index contributed by atoms with van der Waals surface area (Å²) in [5, 5.41) is -0.637. The Morgan fingerprint density at radius 1 is 1.27 bits per heavy atom. The number of ether oxygens (including phenoxy) is 1. The number of esters is 1. The number of para-hydroxylation sites is 1. The molecule has 80 valence electrons. The van der Waals surface area contributed by atoms with Crippen LogP contribution in [0.3, 0.4) is 0 Å². The SMILES string of the molecule is CC(C)C(=O)Oc1ccccc1C(=O)Cl. The van der Waals surface area contributed by atoms with Gasteiger partial charge in [0.25, 0.3) is 5.24 Å². The van der Waals surface area contributed by atoms with Crippen molar-refractivity contribution < 1.29 is 14.3 Å². The Morgan fingerprint density at radius 3 is 2.40 bits per heavy atom. The van der Waals surface area contributed by atoms with Gasteiger partial charge in [0.15, 0.2) is 0 Å². The van der Waals surface area contributed by atoms with E-state index in [0.717, 1.165) is 0 Å². The van der Waals surface area contributed by atoms with Gasteiger partial charge in [0.05, 0.1) is 11.5 Å². The number of carbonyl (C=O) groups is 2. The van der Waals surface area contributed by atoms with Crippen molar-refractivity contribution >= 4 is 22.8 Å². The zero-order valence-electron chi connectivity index (χ0n) is 8.49. The standard InChI is InChI=1S/C11H11ClO3/c1-7(2)11(14)15-9-6-4-3-5-8(9)10(12)13/h3-7H,1-2H3. The van der Waals surface area contributed by atoms with E-state index in [0.29, 0.717) is 0 Å². The molecule has 1 aromatic rings. The van der Waals surface area contributed by atoms with Gasteiger partial charge in [0, 0.05) is 0 Å². The summed E-state index contributed by atoms with van der Waals surface area (Å²) in [6, 6.07) is 6.38. The van der Waals surface area contributed by atoms with Crippen molar-refractivity contribution in [3.63, 3.8) is 0 Å². The summed E-state index contributed by atoms with van der Waals surface area (Å²) in [6.07, 6.45) is 0. The monoisotopic (exact) mass is 226 g/mol. The van der Waals surface area contributed by atoms with E-state index in [4.69, 9.17) is 16.3 Å². The Morgan fingerprint density at radius 2 is 1.87 bits per heavy atom. The van der Waals surface area contributed by atoms with Crippen molar-refractivity contribution in [1.82, 2.24) is 0 Å². The van der Waals surface area contributed by atoms with Crippen molar-refractivity contribution in [1.29, 1.82) is 0 Å². The van der Waals surface area contributed by atoms with Gasteiger partial charge in [-0.3, -0.25) is 9.59 Å². The quantitative estimate of drug-likeness (QED) is 0.452. The van der Waals surface area contributed by atoms with Crippen LogP contribution in [0.15, 0.2) is 24.3 Å². The maximum atomic E-state index is 11.3. The Hall–Kier alpha value is -1.35. The third-order valence-electron chi connectivity index (χ3n) is 1.78. The summed E-state index contributed by atoms with van der Waals surface area (Å²) in [7, 11) is 0. The van der Waals surface area contributed by atoms with Crippen LogP contribution in [0.4, 0.5) is 0 Å². The summed E-state index contributed by atoms with van der Waals surface area (Å²) < 4.78 is 5.02. The lowest BCUT2D eigenvalue weighted by molar-refractivity contribution is -0.137. The van der Waals surface area contributed by atoms with Gasteiger partial charge in [-0.1, -0.05) is 26.0 Å². The molecule has 3 nitrogen and oxygen atoms in total. The first-order chi connectivity index (χ1) is 7.02. The van der Waals surface area contributed by atoms with Crippen molar-refractivity contribution in [2.75, 3.05) is 0 Å². The topological polar surface area (TPSA) is 43.4 Å². The van der Waals surface area contributed by atoms with Gasteiger partial charge in [-0.05, 0) is 23.7 Å². The molecule has 0 spiro atoms.